The lowest BCUT2D eigenvalue weighted by Gasteiger charge is -2.30. The summed E-state index contributed by atoms with van der Waals surface area (Å²) in [5.41, 5.74) is -0.776. The van der Waals surface area contributed by atoms with E-state index < -0.39 is 38.5 Å². The second-order valence-electron chi connectivity index (χ2n) is 7.78. The van der Waals surface area contributed by atoms with Gasteiger partial charge in [-0.1, -0.05) is 36.7 Å². The molecule has 1 amide bonds. The number of quaternary nitrogens is 1. The summed E-state index contributed by atoms with van der Waals surface area (Å²) in [5, 5.41) is 4.23. The first-order valence-corrected chi connectivity index (χ1v) is 12.4. The average Bonchev–Trinajstić information content (AvgIpc) is 2.77. The van der Waals surface area contributed by atoms with E-state index in [0.717, 1.165) is 37.9 Å². The number of halogens is 4. The van der Waals surface area contributed by atoms with E-state index in [1.165, 1.54) is 18.2 Å². The summed E-state index contributed by atoms with van der Waals surface area (Å²) in [5.74, 6) is -0.808. The maximum atomic E-state index is 13.2. The maximum Gasteiger partial charge on any atom is 0.417 e. The Bertz CT molecular complexity index is 1080. The van der Waals surface area contributed by atoms with Gasteiger partial charge in [-0.25, -0.2) is 8.42 Å². The normalized spacial score (nSPS) is 18.2. The van der Waals surface area contributed by atoms with Crippen molar-refractivity contribution in [3.8, 4) is 0 Å². The first-order valence-electron chi connectivity index (χ1n) is 10.4. The van der Waals surface area contributed by atoms with E-state index in [0.29, 0.717) is 5.56 Å². The number of alkyl halides is 3. The quantitative estimate of drug-likeness (QED) is 0.648. The van der Waals surface area contributed by atoms with Crippen LogP contribution in [-0.4, -0.2) is 32.7 Å². The highest BCUT2D eigenvalue weighted by Gasteiger charge is 2.36. The van der Waals surface area contributed by atoms with Gasteiger partial charge in [0.25, 0.3) is 5.91 Å². The van der Waals surface area contributed by atoms with Gasteiger partial charge in [0.15, 0.2) is 9.84 Å². The van der Waals surface area contributed by atoms with E-state index in [2.05, 4.69) is 10.6 Å². The van der Waals surface area contributed by atoms with Crippen molar-refractivity contribution in [2.24, 2.45) is 0 Å². The fraction of sp³-hybridized carbons (Fsp3) is 0.409. The van der Waals surface area contributed by atoms with Crippen LogP contribution in [0, 0.1) is 0 Å². The highest BCUT2D eigenvalue weighted by Crippen LogP contribution is 2.36. The minimum Gasteiger partial charge on any atom is -0.342 e. The van der Waals surface area contributed by atoms with Crippen molar-refractivity contribution in [2.75, 3.05) is 12.3 Å². The lowest BCUT2D eigenvalue weighted by molar-refractivity contribution is -0.700. The summed E-state index contributed by atoms with van der Waals surface area (Å²) in [7, 11) is -3.46. The van der Waals surface area contributed by atoms with Gasteiger partial charge >= 0.3 is 6.18 Å². The fourth-order valence-electron chi connectivity index (χ4n) is 3.93. The number of hydrogen-bond donors (Lipinski definition) is 2. The van der Waals surface area contributed by atoms with Crippen LogP contribution in [-0.2, 0) is 16.0 Å². The molecule has 3 N–H and O–H groups in total. The Balaban J connectivity index is 1.98. The second kappa shape index (κ2) is 9.80. The molecule has 174 valence electrons. The van der Waals surface area contributed by atoms with E-state index in [-0.39, 0.29) is 22.3 Å². The highest BCUT2D eigenvalue weighted by molar-refractivity contribution is 7.91. The van der Waals surface area contributed by atoms with Crippen molar-refractivity contribution in [3.63, 3.8) is 0 Å². The summed E-state index contributed by atoms with van der Waals surface area (Å²) < 4.78 is 64.4. The number of piperidine rings is 1. The molecule has 0 aromatic heterocycles. The summed E-state index contributed by atoms with van der Waals surface area (Å²) >= 11 is 5.94. The van der Waals surface area contributed by atoms with E-state index in [9.17, 15) is 26.4 Å². The molecule has 1 heterocycles. The van der Waals surface area contributed by atoms with Gasteiger partial charge in [0.2, 0.25) is 0 Å². The Morgan fingerprint density at radius 2 is 1.94 bits per heavy atom. The molecule has 2 aromatic rings. The third-order valence-corrected chi connectivity index (χ3v) is 7.82. The third kappa shape index (κ3) is 5.44. The van der Waals surface area contributed by atoms with Gasteiger partial charge in [-0.15, -0.1) is 0 Å². The lowest BCUT2D eigenvalue weighted by Crippen LogP contribution is -2.93. The first-order chi connectivity index (χ1) is 15.0. The fourth-order valence-corrected chi connectivity index (χ4v) is 5.18. The van der Waals surface area contributed by atoms with Gasteiger partial charge in [0.05, 0.1) is 33.3 Å². The molecule has 5 nitrogen and oxygen atoms in total. The van der Waals surface area contributed by atoms with Crippen molar-refractivity contribution in [1.29, 1.82) is 0 Å². The molecule has 1 saturated heterocycles. The summed E-state index contributed by atoms with van der Waals surface area (Å²) in [6.07, 6.45) is -1.97. The van der Waals surface area contributed by atoms with Crippen LogP contribution in [0.2, 0.25) is 5.02 Å². The standard InChI is InChI=1S/C22H24ClF3N2O3S/c1-2-32(30,31)15-8-5-7-14(13-15)20(18-11-3-4-12-27-18)28-21(29)16-9-6-10-17(19(16)23)22(24,25)26/h5-10,13,18,20,27H,2-4,11-12H2,1H3,(H,28,29)/p+1. The molecule has 1 aliphatic rings. The molecule has 2 aromatic carbocycles. The van der Waals surface area contributed by atoms with E-state index in [4.69, 9.17) is 11.6 Å². The molecule has 0 radical (unpaired) electrons. The van der Waals surface area contributed by atoms with Crippen LogP contribution in [0.3, 0.4) is 0 Å². The van der Waals surface area contributed by atoms with Gasteiger partial charge in [-0.05, 0) is 42.7 Å². The zero-order valence-electron chi connectivity index (χ0n) is 17.5. The van der Waals surface area contributed by atoms with Crippen LogP contribution in [0.25, 0.3) is 0 Å². The Morgan fingerprint density at radius 3 is 2.56 bits per heavy atom. The SMILES string of the molecule is CCS(=O)(=O)c1cccc(C(NC(=O)c2cccc(C(F)(F)F)c2Cl)C2CCCC[NH2+]2)c1. The molecule has 0 bridgehead atoms. The van der Waals surface area contributed by atoms with Crippen molar-refractivity contribution >= 4 is 27.3 Å². The van der Waals surface area contributed by atoms with E-state index in [1.54, 1.807) is 19.1 Å². The lowest BCUT2D eigenvalue weighted by atomic mass is 9.92. The minimum atomic E-state index is -4.69. The summed E-state index contributed by atoms with van der Waals surface area (Å²) in [6, 6.07) is 8.87. The summed E-state index contributed by atoms with van der Waals surface area (Å²) in [6.45, 7) is 2.39. The van der Waals surface area contributed by atoms with Gasteiger partial charge in [0, 0.05) is 6.42 Å². The second-order valence-corrected chi connectivity index (χ2v) is 10.4. The molecule has 32 heavy (non-hydrogen) atoms. The number of rotatable bonds is 6. The molecule has 2 atom stereocenters. The van der Waals surface area contributed by atoms with Crippen LogP contribution < -0.4 is 10.6 Å². The number of carbonyl (C=O) groups is 1. The number of nitrogens with one attached hydrogen (secondary N) is 1. The number of benzene rings is 2. The molecule has 1 fully saturated rings. The zero-order valence-corrected chi connectivity index (χ0v) is 19.0. The van der Waals surface area contributed by atoms with Gasteiger partial charge in [-0.3, -0.25) is 4.79 Å². The topological polar surface area (TPSA) is 79.8 Å². The molecule has 0 aliphatic carbocycles. The Morgan fingerprint density at radius 1 is 1.22 bits per heavy atom. The molecule has 3 rings (SSSR count). The molecule has 1 aliphatic heterocycles. The summed E-state index contributed by atoms with van der Waals surface area (Å²) in [4.78, 5) is 13.2. The molecule has 0 spiro atoms. The van der Waals surface area contributed by atoms with Crippen LogP contribution in [0.5, 0.6) is 0 Å². The Hall–Kier alpha value is -2.10. The van der Waals surface area contributed by atoms with E-state index >= 15 is 0 Å². The van der Waals surface area contributed by atoms with Gasteiger partial charge in [-0.2, -0.15) is 13.2 Å². The largest absolute Gasteiger partial charge is 0.417 e. The highest BCUT2D eigenvalue weighted by atomic mass is 35.5. The smallest absolute Gasteiger partial charge is 0.342 e. The maximum absolute atomic E-state index is 13.2. The van der Waals surface area contributed by atoms with Crippen molar-refractivity contribution in [3.05, 3.63) is 64.2 Å². The molecule has 0 saturated carbocycles. The van der Waals surface area contributed by atoms with Crippen molar-refractivity contribution < 1.29 is 31.7 Å². The predicted molar refractivity (Wildman–Crippen MR) is 115 cm³/mol. The van der Waals surface area contributed by atoms with Crippen LogP contribution in [0.4, 0.5) is 13.2 Å². The molecular formula is C22H25ClF3N2O3S+. The molecule has 2 unspecified atom stereocenters. The number of sulfone groups is 1. The van der Waals surface area contributed by atoms with Crippen LogP contribution in [0.1, 0.15) is 53.7 Å². The Kier molecular flexibility index (Phi) is 7.52. The zero-order chi connectivity index (χ0) is 23.5. The van der Waals surface area contributed by atoms with Crippen LogP contribution in [0.15, 0.2) is 47.4 Å². The predicted octanol–water partition coefficient (Wildman–Crippen LogP) is 3.74. The van der Waals surface area contributed by atoms with E-state index in [1.807, 2.05) is 0 Å². The van der Waals surface area contributed by atoms with Gasteiger partial charge in [0.1, 0.15) is 12.1 Å². The average molecular weight is 490 g/mol. The number of amides is 1. The molecular weight excluding hydrogens is 465 g/mol. The number of carbonyl (C=O) groups excluding carboxylic acids is 1. The van der Waals surface area contributed by atoms with Crippen LogP contribution >= 0.6 is 11.6 Å². The monoisotopic (exact) mass is 489 g/mol. The first kappa shape index (κ1) is 24.5. The van der Waals surface area contributed by atoms with Crippen molar-refractivity contribution in [2.45, 2.75) is 49.3 Å². The molecule has 10 heteroatoms. The van der Waals surface area contributed by atoms with Crippen molar-refractivity contribution in [1.82, 2.24) is 5.32 Å². The Labute approximate surface area is 190 Å². The van der Waals surface area contributed by atoms with Gasteiger partial charge < -0.3 is 10.6 Å². The number of nitrogens with two attached hydrogens (primary N) is 1. The third-order valence-electron chi connectivity index (χ3n) is 5.68. The number of hydrogen-bond acceptors (Lipinski definition) is 3. The minimum absolute atomic E-state index is 0.0666.